The van der Waals surface area contributed by atoms with Gasteiger partial charge in [-0.3, -0.25) is 4.90 Å². The Hall–Kier alpha value is -7.93. The van der Waals surface area contributed by atoms with Gasteiger partial charge in [-0.05, 0) is 75.1 Å². The second-order valence-electron chi connectivity index (χ2n) is 15.2. The van der Waals surface area contributed by atoms with Gasteiger partial charge in [-0.15, -0.1) is 8.42 Å². The molecule has 0 saturated heterocycles. The summed E-state index contributed by atoms with van der Waals surface area (Å²) in [6.45, 7) is 2.89. The Bertz CT molecular complexity index is 2610. The van der Waals surface area contributed by atoms with E-state index in [9.17, 15) is 8.42 Å². The lowest BCUT2D eigenvalue weighted by molar-refractivity contribution is 0.247. The van der Waals surface area contributed by atoms with Crippen LogP contribution in [0.25, 0.3) is 22.3 Å². The SMILES string of the molecule is O=S(=O)(Oc1ccccc1)Oc1ccccc1.c1ccc(-c2ccccc2)cc1.c1ccc(-c2ccccc2)cc1.c1ccc(CN(Cc2ccccc2)Cc2ccccc2)cc1.c1ccpnc1. The van der Waals surface area contributed by atoms with Gasteiger partial charge in [0.1, 0.15) is 11.5 Å². The molecule has 10 aromatic rings. The zero-order valence-corrected chi connectivity index (χ0v) is 40.0. The van der Waals surface area contributed by atoms with E-state index in [1.807, 2.05) is 42.2 Å². The number of hydrogen-bond acceptors (Lipinski definition) is 6. The average molecular weight is 943 g/mol. The Kier molecular flexibility index (Phi) is 21.7. The summed E-state index contributed by atoms with van der Waals surface area (Å²) >= 11 is 0. The molecule has 0 N–H and O–H groups in total. The van der Waals surface area contributed by atoms with Crippen molar-refractivity contribution in [3.63, 3.8) is 0 Å². The smallest absolute Gasteiger partial charge is 0.353 e. The summed E-state index contributed by atoms with van der Waals surface area (Å²) in [5.74, 6) is 2.41. The van der Waals surface area contributed by atoms with E-state index >= 15 is 0 Å². The number of hydrogen-bond donors (Lipinski definition) is 0. The Balaban J connectivity index is 0.000000149. The predicted octanol–water partition coefficient (Wildman–Crippen LogP) is 15.6. The highest BCUT2D eigenvalue weighted by Crippen LogP contribution is 2.20. The van der Waals surface area contributed by atoms with Crippen LogP contribution in [0.5, 0.6) is 11.5 Å². The van der Waals surface area contributed by atoms with Crippen molar-refractivity contribution in [3.05, 3.63) is 314 Å². The molecule has 0 aliphatic rings. The monoisotopic (exact) mass is 942 g/mol. The minimum atomic E-state index is -4.09. The van der Waals surface area contributed by atoms with Crippen LogP contribution in [-0.4, -0.2) is 18.1 Å². The Morgan fingerprint density at radius 2 is 0.594 bits per heavy atom. The highest BCUT2D eigenvalue weighted by molar-refractivity contribution is 7.82. The minimum Gasteiger partial charge on any atom is -0.353 e. The summed E-state index contributed by atoms with van der Waals surface area (Å²) in [5, 5.41) is 0. The van der Waals surface area contributed by atoms with Crippen molar-refractivity contribution in [1.29, 1.82) is 0 Å². The molecule has 0 unspecified atom stereocenters. The summed E-state index contributed by atoms with van der Waals surface area (Å²) in [6, 6.07) is 93.9. The van der Waals surface area contributed by atoms with Gasteiger partial charge < -0.3 is 8.37 Å². The van der Waals surface area contributed by atoms with Crippen molar-refractivity contribution in [2.45, 2.75) is 19.6 Å². The normalized spacial score (nSPS) is 10.3. The van der Waals surface area contributed by atoms with Crippen LogP contribution < -0.4 is 8.37 Å². The first-order chi connectivity index (χ1) is 34.0. The molecule has 0 aliphatic carbocycles. The first kappa shape index (κ1) is 50.5. The van der Waals surface area contributed by atoms with Gasteiger partial charge in [-0.1, -0.05) is 255 Å². The molecule has 6 nitrogen and oxygen atoms in total. The average Bonchev–Trinajstić information content (AvgIpc) is 3.42. The molecule has 0 amide bonds. The van der Waals surface area contributed by atoms with Crippen LogP contribution in [0.1, 0.15) is 16.7 Å². The third-order valence-electron chi connectivity index (χ3n) is 9.88. The molecule has 0 saturated carbocycles. The zero-order valence-electron chi connectivity index (χ0n) is 38.3. The summed E-state index contributed by atoms with van der Waals surface area (Å²) in [6.07, 6.45) is 1.79. The van der Waals surface area contributed by atoms with Gasteiger partial charge in [0.15, 0.2) is 0 Å². The highest BCUT2D eigenvalue weighted by Gasteiger charge is 2.15. The van der Waals surface area contributed by atoms with E-state index < -0.39 is 10.4 Å². The first-order valence-electron chi connectivity index (χ1n) is 22.5. The standard InChI is InChI=1S/C21H21N.C12H10O4S.2C12H10.C4H4NP/c1-4-10-19(11-5-1)16-22(17-20-12-6-2-7-13-20)18-21-14-8-3-9-15-21;13-17(14,15-11-7-3-1-4-8-11)16-12-9-5-2-6-10-12;2*1-3-7-11(8-4-1)12-9-5-2-6-10-12;1-2-4-6-5-3-1/h1-15H,16-18H2;1-10H;2*1-10H;1-4H. The third-order valence-corrected chi connectivity index (χ3v) is 11.2. The first-order valence-corrected chi connectivity index (χ1v) is 24.7. The number of rotatable bonds is 12. The predicted molar refractivity (Wildman–Crippen MR) is 286 cm³/mol. The van der Waals surface area contributed by atoms with Crippen molar-refractivity contribution < 1.29 is 16.8 Å². The zero-order chi connectivity index (χ0) is 47.9. The Morgan fingerprint density at radius 3 is 0.812 bits per heavy atom. The summed E-state index contributed by atoms with van der Waals surface area (Å²) in [4.78, 5) is 2.49. The van der Waals surface area contributed by atoms with Crippen LogP contribution in [0.3, 0.4) is 0 Å². The Morgan fingerprint density at radius 1 is 0.333 bits per heavy atom. The van der Waals surface area contributed by atoms with Crippen molar-refractivity contribution >= 4 is 18.8 Å². The lowest BCUT2D eigenvalue weighted by Crippen LogP contribution is -2.22. The van der Waals surface area contributed by atoms with E-state index in [2.05, 4.69) is 198 Å². The maximum absolute atomic E-state index is 11.5. The van der Waals surface area contributed by atoms with Crippen LogP contribution >= 0.6 is 8.35 Å². The summed E-state index contributed by atoms with van der Waals surface area (Å²) < 4.78 is 36.4. The summed E-state index contributed by atoms with van der Waals surface area (Å²) in [7, 11) is -3.03. The molecule has 69 heavy (non-hydrogen) atoms. The van der Waals surface area contributed by atoms with Gasteiger partial charge in [0.25, 0.3) is 0 Å². The van der Waals surface area contributed by atoms with Crippen molar-refractivity contribution in [2.75, 3.05) is 0 Å². The van der Waals surface area contributed by atoms with Crippen LogP contribution in [-0.2, 0) is 30.0 Å². The largest absolute Gasteiger partial charge is 0.500 e. The fourth-order valence-electron chi connectivity index (χ4n) is 6.67. The van der Waals surface area contributed by atoms with Crippen molar-refractivity contribution in [3.8, 4) is 33.8 Å². The molecule has 0 bridgehead atoms. The number of aromatic nitrogens is 1. The van der Waals surface area contributed by atoms with Crippen molar-refractivity contribution in [2.24, 2.45) is 0 Å². The van der Waals surface area contributed by atoms with Gasteiger partial charge in [-0.2, -0.15) is 0 Å². The van der Waals surface area contributed by atoms with E-state index in [0.29, 0.717) is 0 Å². The molecule has 1 heterocycles. The van der Waals surface area contributed by atoms with E-state index in [4.69, 9.17) is 8.37 Å². The third kappa shape index (κ3) is 20.2. The molecule has 0 radical (unpaired) electrons. The molecule has 0 fully saturated rings. The van der Waals surface area contributed by atoms with E-state index in [1.165, 1.54) is 63.2 Å². The van der Waals surface area contributed by atoms with Crippen LogP contribution in [0.2, 0.25) is 0 Å². The molecular formula is C61H55N2O4PS. The lowest BCUT2D eigenvalue weighted by Gasteiger charge is -2.23. The van der Waals surface area contributed by atoms with Gasteiger partial charge in [-0.25, -0.2) is 4.75 Å². The van der Waals surface area contributed by atoms with Gasteiger partial charge in [0, 0.05) is 34.2 Å². The molecule has 0 atom stereocenters. The molecule has 8 heteroatoms. The fraction of sp³-hybridized carbons (Fsp3) is 0.0492. The van der Waals surface area contributed by atoms with Crippen LogP contribution in [0.15, 0.2) is 297 Å². The molecule has 1 aromatic heterocycles. The molecule has 0 spiro atoms. The van der Waals surface area contributed by atoms with Crippen LogP contribution in [0.4, 0.5) is 0 Å². The van der Waals surface area contributed by atoms with E-state index in [0.717, 1.165) is 28.0 Å². The second-order valence-corrected chi connectivity index (χ2v) is 17.1. The quantitative estimate of drug-likeness (QED) is 0.122. The van der Waals surface area contributed by atoms with Gasteiger partial charge in [0.05, 0.1) is 0 Å². The molecule has 10 rings (SSSR count). The van der Waals surface area contributed by atoms with Crippen molar-refractivity contribution in [1.82, 2.24) is 9.65 Å². The topological polar surface area (TPSA) is 68.7 Å². The van der Waals surface area contributed by atoms with E-state index in [1.54, 1.807) is 42.6 Å². The Labute approximate surface area is 410 Å². The van der Waals surface area contributed by atoms with Gasteiger partial charge in [0.2, 0.25) is 0 Å². The van der Waals surface area contributed by atoms with Crippen LogP contribution in [0, 0.1) is 0 Å². The van der Waals surface area contributed by atoms with E-state index in [-0.39, 0.29) is 11.5 Å². The number of nitrogens with zero attached hydrogens (tertiary/aromatic N) is 2. The number of benzene rings is 9. The summed E-state index contributed by atoms with van der Waals surface area (Å²) in [5.41, 5.74) is 9.17. The number of para-hydroxylation sites is 2. The minimum absolute atomic E-state index is 0.212. The fourth-order valence-corrected chi connectivity index (χ4v) is 7.81. The maximum Gasteiger partial charge on any atom is 0.500 e. The molecule has 344 valence electrons. The maximum atomic E-state index is 11.5. The molecule has 9 aromatic carbocycles. The second kappa shape index (κ2) is 29.7. The lowest BCUT2D eigenvalue weighted by atomic mass is 10.1. The van der Waals surface area contributed by atoms with Gasteiger partial charge >= 0.3 is 10.4 Å². The molecule has 0 aliphatic heterocycles. The highest BCUT2D eigenvalue weighted by atomic mass is 32.3. The molecular weight excluding hydrogens is 888 g/mol.